The molecule has 0 fully saturated rings. The second kappa shape index (κ2) is 7.92. The highest BCUT2D eigenvalue weighted by Gasteiger charge is 2.31. The normalized spacial score (nSPS) is 13.2. The molecular formula is C15H19ClF3N3O3. The number of hydrogen-bond acceptors (Lipinski definition) is 3. The summed E-state index contributed by atoms with van der Waals surface area (Å²) in [5.74, 6) is -1.35. The predicted octanol–water partition coefficient (Wildman–Crippen LogP) is 1.70. The number of alkyl halides is 3. The molecule has 10 heteroatoms. The average molecular weight is 382 g/mol. The van der Waals surface area contributed by atoms with Crippen molar-refractivity contribution < 1.29 is 32.3 Å². The fraction of sp³-hybridized carbons (Fsp3) is 0.467. The largest absolute Gasteiger partial charge is 0.550 e. The molecule has 0 saturated heterocycles. The molecule has 0 heterocycles. The van der Waals surface area contributed by atoms with Gasteiger partial charge in [-0.15, -0.1) is 0 Å². The number of benzene rings is 1. The molecule has 140 valence electrons. The Labute approximate surface area is 148 Å². The number of quaternary nitrogens is 1. The van der Waals surface area contributed by atoms with Gasteiger partial charge in [-0.05, 0) is 18.2 Å². The van der Waals surface area contributed by atoms with Gasteiger partial charge in [0.1, 0.15) is 0 Å². The number of hydrogen-bond donors (Lipinski definition) is 2. The standard InChI is InChI=1S/C15H19ClF3N3O3/c1-22(2,3)8-10(7-13(23)24)20-14(25)21-12-6-9(15(17,18)19)4-5-11(12)16/h4-6,10H,7-8H2,1-3H3,(H2-,20,21,23,24,25). The van der Waals surface area contributed by atoms with Crippen LogP contribution in [0.1, 0.15) is 12.0 Å². The third-order valence-corrected chi connectivity index (χ3v) is 3.39. The molecule has 0 aliphatic carbocycles. The molecule has 2 amide bonds. The number of carbonyl (C=O) groups excluding carboxylic acids is 2. The van der Waals surface area contributed by atoms with Crippen molar-refractivity contribution in [1.29, 1.82) is 0 Å². The van der Waals surface area contributed by atoms with Gasteiger partial charge in [0.15, 0.2) is 0 Å². The first-order valence-corrected chi connectivity index (χ1v) is 7.60. The van der Waals surface area contributed by atoms with E-state index in [1.165, 1.54) is 0 Å². The molecule has 0 aliphatic heterocycles. The van der Waals surface area contributed by atoms with Gasteiger partial charge in [0.2, 0.25) is 0 Å². The van der Waals surface area contributed by atoms with E-state index in [4.69, 9.17) is 11.6 Å². The topological polar surface area (TPSA) is 81.3 Å². The number of nitrogens with one attached hydrogen (secondary N) is 2. The summed E-state index contributed by atoms with van der Waals surface area (Å²) in [7, 11) is 5.39. The van der Waals surface area contributed by atoms with Crippen LogP contribution in [-0.2, 0) is 11.0 Å². The summed E-state index contributed by atoms with van der Waals surface area (Å²) in [4.78, 5) is 22.8. The molecule has 0 aromatic heterocycles. The molecule has 0 saturated carbocycles. The molecule has 25 heavy (non-hydrogen) atoms. The van der Waals surface area contributed by atoms with Crippen LogP contribution in [0.25, 0.3) is 0 Å². The maximum absolute atomic E-state index is 12.7. The Morgan fingerprint density at radius 1 is 1.28 bits per heavy atom. The Kier molecular flexibility index (Phi) is 6.67. The zero-order chi connectivity index (χ0) is 19.4. The highest BCUT2D eigenvalue weighted by Crippen LogP contribution is 2.33. The van der Waals surface area contributed by atoms with E-state index in [0.717, 1.165) is 12.1 Å². The zero-order valence-corrected chi connectivity index (χ0v) is 14.7. The Hall–Kier alpha value is -2.00. The molecule has 1 aromatic rings. The number of aliphatic carboxylic acids is 1. The van der Waals surface area contributed by atoms with Crippen molar-refractivity contribution in [2.75, 3.05) is 33.0 Å². The van der Waals surface area contributed by atoms with Crippen LogP contribution in [0.2, 0.25) is 5.02 Å². The summed E-state index contributed by atoms with van der Waals surface area (Å²) in [6.07, 6.45) is -5.02. The molecular weight excluding hydrogens is 363 g/mol. The maximum Gasteiger partial charge on any atom is 0.416 e. The third kappa shape index (κ3) is 7.61. The van der Waals surface area contributed by atoms with Crippen LogP contribution < -0.4 is 15.7 Å². The van der Waals surface area contributed by atoms with Crippen LogP contribution in [0.15, 0.2) is 18.2 Å². The summed E-state index contributed by atoms with van der Waals surface area (Å²) in [5, 5.41) is 15.4. The van der Waals surface area contributed by atoms with Crippen molar-refractivity contribution in [3.8, 4) is 0 Å². The zero-order valence-electron chi connectivity index (χ0n) is 13.9. The second-order valence-electron chi connectivity index (χ2n) is 6.54. The van der Waals surface area contributed by atoms with Crippen LogP contribution >= 0.6 is 11.6 Å². The lowest BCUT2D eigenvalue weighted by Gasteiger charge is -2.30. The number of carboxylic acids is 1. The fourth-order valence-corrected chi connectivity index (χ4v) is 2.33. The highest BCUT2D eigenvalue weighted by molar-refractivity contribution is 6.33. The second-order valence-corrected chi connectivity index (χ2v) is 6.94. The quantitative estimate of drug-likeness (QED) is 0.736. The van der Waals surface area contributed by atoms with Gasteiger partial charge >= 0.3 is 12.2 Å². The molecule has 0 aliphatic rings. The minimum Gasteiger partial charge on any atom is -0.550 e. The van der Waals surface area contributed by atoms with E-state index in [-0.39, 0.29) is 17.3 Å². The molecule has 0 radical (unpaired) electrons. The third-order valence-electron chi connectivity index (χ3n) is 3.06. The van der Waals surface area contributed by atoms with Crippen molar-refractivity contribution >= 4 is 29.3 Å². The number of carboxylic acid groups (broad SMARTS) is 1. The van der Waals surface area contributed by atoms with Gasteiger partial charge in [0, 0.05) is 12.4 Å². The number of urea groups is 1. The predicted molar refractivity (Wildman–Crippen MR) is 84.9 cm³/mol. The lowest BCUT2D eigenvalue weighted by Crippen LogP contribution is -2.51. The minimum atomic E-state index is -4.58. The number of amides is 2. The van der Waals surface area contributed by atoms with Gasteiger partial charge in [0.05, 0.1) is 50.0 Å². The van der Waals surface area contributed by atoms with Gasteiger partial charge < -0.3 is 25.0 Å². The van der Waals surface area contributed by atoms with E-state index in [9.17, 15) is 27.9 Å². The van der Waals surface area contributed by atoms with Crippen LogP contribution in [0.3, 0.4) is 0 Å². The molecule has 1 atom stereocenters. The van der Waals surface area contributed by atoms with Crippen LogP contribution in [0, 0.1) is 0 Å². The Bertz CT molecular complexity index is 645. The van der Waals surface area contributed by atoms with E-state index in [1.807, 2.05) is 0 Å². The molecule has 6 nitrogen and oxygen atoms in total. The van der Waals surface area contributed by atoms with E-state index in [1.54, 1.807) is 21.1 Å². The van der Waals surface area contributed by atoms with Crippen LogP contribution in [0.4, 0.5) is 23.7 Å². The Morgan fingerprint density at radius 3 is 2.36 bits per heavy atom. The average Bonchev–Trinajstić information content (AvgIpc) is 2.36. The lowest BCUT2D eigenvalue weighted by atomic mass is 10.2. The molecule has 2 N–H and O–H groups in total. The molecule has 0 spiro atoms. The van der Waals surface area contributed by atoms with E-state index in [2.05, 4.69) is 10.6 Å². The first-order chi connectivity index (χ1) is 11.3. The first kappa shape index (κ1) is 21.0. The maximum atomic E-state index is 12.7. The van der Waals surface area contributed by atoms with Crippen molar-refractivity contribution in [2.24, 2.45) is 0 Å². The van der Waals surface area contributed by atoms with Crippen molar-refractivity contribution in [2.45, 2.75) is 18.6 Å². The highest BCUT2D eigenvalue weighted by atomic mass is 35.5. The van der Waals surface area contributed by atoms with Gasteiger partial charge in [-0.25, -0.2) is 4.79 Å². The monoisotopic (exact) mass is 381 g/mol. The summed E-state index contributed by atoms with van der Waals surface area (Å²) in [6.45, 7) is 0.276. The number of halogens is 4. The molecule has 1 rings (SSSR count). The van der Waals surface area contributed by atoms with Gasteiger partial charge in [-0.3, -0.25) is 0 Å². The fourth-order valence-electron chi connectivity index (χ4n) is 2.16. The van der Waals surface area contributed by atoms with E-state index < -0.39 is 36.2 Å². The summed E-state index contributed by atoms with van der Waals surface area (Å²) in [6, 6.07) is 0.886. The number of anilines is 1. The van der Waals surface area contributed by atoms with Gasteiger partial charge in [0.25, 0.3) is 0 Å². The van der Waals surface area contributed by atoms with Gasteiger partial charge in [-0.2, -0.15) is 13.2 Å². The summed E-state index contributed by atoms with van der Waals surface area (Å²) >= 11 is 5.80. The minimum absolute atomic E-state index is 0.0776. The number of nitrogens with zero attached hydrogens (tertiary/aromatic N) is 1. The van der Waals surface area contributed by atoms with Gasteiger partial charge in [-0.1, -0.05) is 11.6 Å². The molecule has 1 unspecified atom stereocenters. The number of rotatable bonds is 6. The van der Waals surface area contributed by atoms with Crippen LogP contribution in [0.5, 0.6) is 0 Å². The molecule has 0 bridgehead atoms. The number of likely N-dealkylation sites (N-methyl/N-ethyl adjacent to an activating group) is 1. The molecule has 1 aromatic carbocycles. The first-order valence-electron chi connectivity index (χ1n) is 7.22. The van der Waals surface area contributed by atoms with Crippen LogP contribution in [-0.4, -0.2) is 50.2 Å². The summed E-state index contributed by atoms with van der Waals surface area (Å²) in [5.41, 5.74) is -1.20. The lowest BCUT2D eigenvalue weighted by molar-refractivity contribution is -0.871. The van der Waals surface area contributed by atoms with Crippen molar-refractivity contribution in [1.82, 2.24) is 5.32 Å². The van der Waals surface area contributed by atoms with Crippen molar-refractivity contribution in [3.05, 3.63) is 28.8 Å². The van der Waals surface area contributed by atoms with Crippen molar-refractivity contribution in [3.63, 3.8) is 0 Å². The van der Waals surface area contributed by atoms with E-state index in [0.29, 0.717) is 10.5 Å². The van der Waals surface area contributed by atoms with E-state index >= 15 is 0 Å². The smallest absolute Gasteiger partial charge is 0.416 e. The summed E-state index contributed by atoms with van der Waals surface area (Å²) < 4.78 is 38.6. The Balaban J connectivity index is 2.88. The SMILES string of the molecule is C[N+](C)(C)CC(CC(=O)[O-])NC(=O)Nc1cc(C(F)(F)F)ccc1Cl. The Morgan fingerprint density at radius 2 is 1.88 bits per heavy atom. The number of carbonyl (C=O) groups is 2.